The van der Waals surface area contributed by atoms with Crippen molar-refractivity contribution in [3.05, 3.63) is 125 Å². The van der Waals surface area contributed by atoms with Crippen LogP contribution in [0.3, 0.4) is 0 Å². The maximum absolute atomic E-state index is 14.8. The summed E-state index contributed by atoms with van der Waals surface area (Å²) in [5.41, 5.74) is 27.6. The molecule has 1 saturated carbocycles. The van der Waals surface area contributed by atoms with E-state index in [-0.39, 0.29) is 74.7 Å². The van der Waals surface area contributed by atoms with Gasteiger partial charge in [-0.2, -0.15) is 10.1 Å². The number of piperidine rings is 1. The van der Waals surface area contributed by atoms with Gasteiger partial charge in [0.2, 0.25) is 17.6 Å². The molecule has 128 heavy (non-hydrogen) atoms. The first-order valence-corrected chi connectivity index (χ1v) is 45.0. The number of ether oxygens (including phenoxy) is 10. The van der Waals surface area contributed by atoms with E-state index in [1.165, 1.54) is 26.1 Å². The average molecular weight is 1780 g/mol. The number of aliphatic hydroxyl groups is 2. The lowest BCUT2D eigenvalue weighted by atomic mass is 9.80. The van der Waals surface area contributed by atoms with Crippen LogP contribution in [0.1, 0.15) is 147 Å². The number of ketones is 3. The van der Waals surface area contributed by atoms with Gasteiger partial charge < -0.3 is 99.2 Å². The lowest BCUT2D eigenvalue weighted by Gasteiger charge is -2.42. The van der Waals surface area contributed by atoms with Crippen molar-refractivity contribution in [1.82, 2.24) is 54.7 Å². The topological polar surface area (TPSA) is 451 Å². The predicted molar refractivity (Wildman–Crippen MR) is 475 cm³/mol. The second-order valence-corrected chi connectivity index (χ2v) is 34.8. The molecule has 1 aliphatic carbocycles. The number of anilines is 3. The van der Waals surface area contributed by atoms with Crippen LogP contribution in [0.2, 0.25) is 0 Å². The van der Waals surface area contributed by atoms with Crippen LogP contribution in [-0.2, 0) is 102 Å². The Morgan fingerprint density at radius 1 is 0.742 bits per heavy atom. The normalized spacial score (nSPS) is 27.1. The number of carbonyl (C=O) groups excluding carboxylic acids is 7. The number of alkyl carbamates (subject to hydrolysis) is 1. The number of carbonyl (C=O) groups is 7. The highest BCUT2D eigenvalue weighted by Crippen LogP contribution is 2.39. The number of allylic oxidation sites excluding steroid dienone is 6. The van der Waals surface area contributed by atoms with Gasteiger partial charge in [-0.1, -0.05) is 82.4 Å². The van der Waals surface area contributed by atoms with Gasteiger partial charge in [-0.3, -0.25) is 28.9 Å². The van der Waals surface area contributed by atoms with Crippen LogP contribution in [0.15, 0.2) is 107 Å². The number of cyclic esters (lactones) is 1. The fourth-order valence-corrected chi connectivity index (χ4v) is 17.9. The lowest BCUT2D eigenvalue weighted by Crippen LogP contribution is -2.61. The molecule has 3 amide bonds. The summed E-state index contributed by atoms with van der Waals surface area (Å²) < 4.78 is 66.3. The van der Waals surface area contributed by atoms with Gasteiger partial charge in [0, 0.05) is 140 Å². The fourth-order valence-electron chi connectivity index (χ4n) is 17.9. The minimum Gasteiger partial charge on any atom is -0.459 e. The van der Waals surface area contributed by atoms with E-state index in [0.29, 0.717) is 175 Å². The predicted octanol–water partition coefficient (Wildman–Crippen LogP) is 7.92. The van der Waals surface area contributed by atoms with Gasteiger partial charge in [-0.05, 0) is 142 Å². The number of hydrogen-bond acceptors (Lipinski definition) is 31. The molecule has 4 fully saturated rings. The van der Waals surface area contributed by atoms with E-state index in [0.717, 1.165) is 66.3 Å². The quantitative estimate of drug-likeness (QED) is 0.0117. The van der Waals surface area contributed by atoms with Gasteiger partial charge in [0.1, 0.15) is 59.6 Å². The lowest BCUT2D eigenvalue weighted by molar-refractivity contribution is -0.265. The number of Topliss-reactive ketones (excluding diaryl/α,β-unsaturated/α-hetero) is 3. The minimum absolute atomic E-state index is 0.00780. The Bertz CT molecular complexity index is 4880. The molecule has 6 aromatic rings. The van der Waals surface area contributed by atoms with Crippen LogP contribution in [0.25, 0.3) is 33.4 Å². The van der Waals surface area contributed by atoms with E-state index >= 15 is 0 Å². The summed E-state index contributed by atoms with van der Waals surface area (Å²) in [6.45, 7) is 19.4. The van der Waals surface area contributed by atoms with E-state index in [4.69, 9.17) is 74.1 Å². The zero-order valence-corrected chi connectivity index (χ0v) is 75.3. The summed E-state index contributed by atoms with van der Waals surface area (Å²) in [7, 11) is 4.45. The van der Waals surface area contributed by atoms with E-state index in [9.17, 15) is 43.8 Å². The summed E-state index contributed by atoms with van der Waals surface area (Å²) in [6.07, 6.45) is 13.9. The summed E-state index contributed by atoms with van der Waals surface area (Å²) in [4.78, 5) is 129. The highest BCUT2D eigenvalue weighted by Gasteiger charge is 2.53. The molecule has 2 bridgehead atoms. The summed E-state index contributed by atoms with van der Waals surface area (Å²) in [6, 6.07) is 9.71. The molecule has 9 N–H and O–H groups in total. The van der Waals surface area contributed by atoms with Crippen LogP contribution in [0.4, 0.5) is 22.6 Å². The number of aliphatic hydroxyl groups excluding tert-OH is 1. The number of amides is 3. The molecule has 4 aromatic heterocycles. The van der Waals surface area contributed by atoms with Crippen molar-refractivity contribution in [2.24, 2.45) is 35.3 Å². The number of aromatic nitrogens is 7. The summed E-state index contributed by atoms with van der Waals surface area (Å²) in [5.74, 6) is -7.76. The number of methoxy groups -OCH3 is 3. The van der Waals surface area contributed by atoms with Crippen molar-refractivity contribution >= 4 is 81.1 Å². The van der Waals surface area contributed by atoms with E-state index in [2.05, 4.69) is 58.2 Å². The molecule has 35 heteroatoms. The number of nitrogens with one attached hydrogen (secondary N) is 1. The molecule has 15 atom stereocenters. The Hall–Kier alpha value is -9.89. The standard InChI is InChI=1S/C93H129N15O20/c1-57-15-11-10-12-16-58(2)76(118-7)49-69-23-18-62(6)93(117,128-69)85(113)88(114)107-28-14-13-17-72(107)89(115)125-77(50-73(109)59(3)44-61(5)83(112)84(120-9)82(111)60(4)43-57)70(94)46-63-20-24-75(78(47-63)119-8)127-92(116)99-53-65-51-97-91(98-52-65)105-32-30-104(31-33-105)34-36-122-38-40-124-42-41-123-39-37-121-35-27-79(110)106-29-26-66-45-64(19-21-68(66)55-106)54-108-87-80(86(95)100-56-101-87)81(103-108)67-22-25-74-71(48-67)102-90(96)126-74/h10-12,15-16,19,21-22,25,44-45,48,51-52,56-57,59-60,62-63,69-70,72,75-78,83-84,112,117H,13-14,17-18,20,23-24,26-43,46-47,49-50,53-55,94H2,1-9H3,(H2,96,102)(H,99,116)(H2,95,100,101)/b12-10?,15-11+,58-16?,61-44+/t57-,59-,60-,62-,63+,69+,70-,72+,75-,76+,77+,78-,83-,84+,93-/m1/s1. The highest BCUT2D eigenvalue weighted by molar-refractivity contribution is 6.39. The monoisotopic (exact) mass is 1780 g/mol. The molecule has 0 spiro atoms. The number of oxazole rings is 1. The van der Waals surface area contributed by atoms with Crippen LogP contribution >= 0.6 is 0 Å². The number of nitrogens with two attached hydrogens (primary N) is 3. The third-order valence-electron chi connectivity index (χ3n) is 25.6. The van der Waals surface area contributed by atoms with Gasteiger partial charge in [0.15, 0.2) is 17.0 Å². The number of hydrogen-bond donors (Lipinski definition) is 6. The SMILES string of the molecule is CO[C@H]1C[C@@H]2CC[C@@H](C)[C@@](O)(O2)C(=O)C(=O)N2CCCC[C@H]2C(=O)O[C@H]([C@H](N)C[C@@H]2CC[C@@H](OC(=O)NCc3cnc(N4CCN(CCOCCOCCOCCOCCC(=O)N5CCc6cc(Cn7nc(-c8ccc9oc(N)nc9c8)c8c(N)ncnc87)ccc6C5)CC4)nc3)[C@H](OC)C2)CC(=O)[C@H](C)/C=C(\C)[C@@H](O)[C@@H](OC)C(=O)[C@H](C)C[C@H](C)/C=C/C=CC=C1C. The number of benzene rings is 2. The number of esters is 1. The number of nitrogens with zero attached hydrogens (tertiary/aromatic N) is 11. The molecule has 0 unspecified atom stereocenters. The zero-order valence-electron chi connectivity index (χ0n) is 75.3. The molecule has 6 aliphatic rings. The molecule has 0 radical (unpaired) electrons. The van der Waals surface area contributed by atoms with Gasteiger partial charge in [0.05, 0.1) is 89.5 Å². The number of piperazine rings is 1. The molecule has 696 valence electrons. The minimum atomic E-state index is -2.51. The number of rotatable bonds is 28. The first-order chi connectivity index (χ1) is 61.7. The Kier molecular flexibility index (Phi) is 35.4. The molecule has 12 rings (SSSR count). The van der Waals surface area contributed by atoms with E-state index < -0.39 is 108 Å². The molecule has 9 heterocycles. The van der Waals surface area contributed by atoms with E-state index in [1.807, 2.05) is 65.9 Å². The van der Waals surface area contributed by atoms with Crippen LogP contribution < -0.4 is 27.4 Å². The van der Waals surface area contributed by atoms with Crippen LogP contribution in [-0.4, -0.2) is 281 Å². The third kappa shape index (κ3) is 25.6. The highest BCUT2D eigenvalue weighted by atomic mass is 16.6. The van der Waals surface area contributed by atoms with Crippen LogP contribution in [0, 0.1) is 29.6 Å². The summed E-state index contributed by atoms with van der Waals surface area (Å²) >= 11 is 0. The maximum atomic E-state index is 14.8. The second-order valence-electron chi connectivity index (χ2n) is 34.8. The Balaban J connectivity index is 0.531. The average Bonchev–Trinajstić information content (AvgIpc) is 1.48. The first kappa shape index (κ1) is 97.2. The first-order valence-electron chi connectivity index (χ1n) is 45.0. The van der Waals surface area contributed by atoms with E-state index in [1.54, 1.807) is 59.3 Å². The van der Waals surface area contributed by atoms with Crippen molar-refractivity contribution in [2.75, 3.05) is 136 Å². The van der Waals surface area contributed by atoms with Crippen molar-refractivity contribution in [1.29, 1.82) is 0 Å². The maximum Gasteiger partial charge on any atom is 0.407 e. The van der Waals surface area contributed by atoms with Gasteiger partial charge in [0.25, 0.3) is 17.7 Å². The molecular weight excluding hydrogens is 1650 g/mol. The summed E-state index contributed by atoms with van der Waals surface area (Å²) in [5, 5.41) is 32.2. The van der Waals surface area contributed by atoms with Crippen molar-refractivity contribution in [3.63, 3.8) is 0 Å². The number of nitrogen functional groups attached to an aromatic ring is 2. The molecule has 2 aromatic carbocycles. The van der Waals surface area contributed by atoms with Gasteiger partial charge >= 0.3 is 12.1 Å². The molecule has 5 aliphatic heterocycles. The Morgan fingerprint density at radius 3 is 2.22 bits per heavy atom. The van der Waals surface area contributed by atoms with Crippen LogP contribution in [0.5, 0.6) is 0 Å². The molecule has 3 saturated heterocycles. The van der Waals surface area contributed by atoms with Crippen molar-refractivity contribution < 1.29 is 95.6 Å². The second kappa shape index (κ2) is 46.6. The van der Waals surface area contributed by atoms with Gasteiger partial charge in [-0.25, -0.2) is 34.2 Å². The third-order valence-corrected chi connectivity index (χ3v) is 25.6. The zero-order chi connectivity index (χ0) is 91.1. The molecule has 35 nitrogen and oxygen atoms in total. The van der Waals surface area contributed by atoms with Crippen molar-refractivity contribution in [2.45, 2.75) is 212 Å². The largest absolute Gasteiger partial charge is 0.459 e. The Morgan fingerprint density at radius 2 is 1.48 bits per heavy atom. The van der Waals surface area contributed by atoms with Crippen molar-refractivity contribution in [3.8, 4) is 11.3 Å². The molecular formula is C93H129N15O20. The van der Waals surface area contributed by atoms with Gasteiger partial charge in [-0.15, -0.1) is 0 Å². The smallest absolute Gasteiger partial charge is 0.407 e. The Labute approximate surface area is 747 Å². The fraction of sp³-hybridized carbons (Fsp3) is 0.602. The number of fused-ring (bicyclic) bond motifs is 6.